The summed E-state index contributed by atoms with van der Waals surface area (Å²) in [6.45, 7) is 0.507. The molecule has 4 rings (SSSR count). The molecule has 1 N–H and O–H groups in total. The summed E-state index contributed by atoms with van der Waals surface area (Å²) in [4.78, 5) is 32.3. The molecule has 2 amide bonds. The van der Waals surface area contributed by atoms with Gasteiger partial charge >= 0.3 is 0 Å². The summed E-state index contributed by atoms with van der Waals surface area (Å²) in [5.74, 6) is -0.334. The van der Waals surface area contributed by atoms with Crippen molar-refractivity contribution in [3.63, 3.8) is 0 Å². The van der Waals surface area contributed by atoms with E-state index in [1.54, 1.807) is 29.2 Å². The fourth-order valence-corrected chi connectivity index (χ4v) is 4.57. The average molecular weight is 464 g/mol. The monoisotopic (exact) mass is 463 g/mol. The van der Waals surface area contributed by atoms with E-state index in [0.29, 0.717) is 28.8 Å². The first-order valence-electron chi connectivity index (χ1n) is 10.3. The van der Waals surface area contributed by atoms with Crippen LogP contribution in [0.4, 0.5) is 11.4 Å². The van der Waals surface area contributed by atoms with E-state index in [0.717, 1.165) is 11.3 Å². The summed E-state index contributed by atoms with van der Waals surface area (Å²) in [6.07, 6.45) is 0.829. The molecular weight excluding hydrogens is 442 g/mol. The maximum atomic E-state index is 13.1. The van der Waals surface area contributed by atoms with Crippen molar-refractivity contribution in [2.45, 2.75) is 18.1 Å². The molecule has 3 aromatic rings. The first kappa shape index (κ1) is 22.1. The SMILES string of the molecule is O=C(Nc1ccc(Cl)cc1)[C@H]1CC(=O)N(CCc2ccccc2)C(=Nc2ccccc2)S1. The molecule has 5 nitrogen and oxygen atoms in total. The summed E-state index contributed by atoms with van der Waals surface area (Å²) in [5, 5.41) is 3.45. The molecule has 1 saturated heterocycles. The van der Waals surface area contributed by atoms with Crippen LogP contribution in [0.5, 0.6) is 0 Å². The van der Waals surface area contributed by atoms with Gasteiger partial charge in [0.1, 0.15) is 5.25 Å². The van der Waals surface area contributed by atoms with Gasteiger partial charge in [0.15, 0.2) is 5.17 Å². The van der Waals surface area contributed by atoms with Crippen molar-refractivity contribution in [3.8, 4) is 0 Å². The molecule has 0 unspecified atom stereocenters. The van der Waals surface area contributed by atoms with Crippen molar-refractivity contribution in [3.05, 3.63) is 95.5 Å². The van der Waals surface area contributed by atoms with E-state index in [9.17, 15) is 9.59 Å². The molecule has 7 heteroatoms. The summed E-state index contributed by atoms with van der Waals surface area (Å²) < 4.78 is 0. The fourth-order valence-electron chi connectivity index (χ4n) is 3.32. The first-order chi connectivity index (χ1) is 15.6. The van der Waals surface area contributed by atoms with Gasteiger partial charge in [-0.05, 0) is 48.4 Å². The Hall–Kier alpha value is -3.09. The molecule has 1 fully saturated rings. The third kappa shape index (κ3) is 5.78. The minimum Gasteiger partial charge on any atom is -0.325 e. The number of para-hydroxylation sites is 1. The van der Waals surface area contributed by atoms with Crippen molar-refractivity contribution in [1.29, 1.82) is 0 Å². The Morgan fingerprint density at radius 3 is 2.34 bits per heavy atom. The maximum Gasteiger partial charge on any atom is 0.238 e. The van der Waals surface area contributed by atoms with Crippen molar-refractivity contribution >= 4 is 51.7 Å². The first-order valence-corrected chi connectivity index (χ1v) is 11.6. The van der Waals surface area contributed by atoms with Gasteiger partial charge in [0.2, 0.25) is 11.8 Å². The van der Waals surface area contributed by atoms with Gasteiger partial charge in [-0.25, -0.2) is 4.99 Å². The lowest BCUT2D eigenvalue weighted by molar-refractivity contribution is -0.129. The molecule has 1 atom stereocenters. The third-order valence-corrected chi connectivity index (χ3v) is 6.43. The Bertz CT molecular complexity index is 1110. The highest BCUT2D eigenvalue weighted by Gasteiger charge is 2.35. The van der Waals surface area contributed by atoms with Gasteiger partial charge in [0.25, 0.3) is 0 Å². The second-order valence-corrected chi connectivity index (χ2v) is 8.92. The smallest absolute Gasteiger partial charge is 0.238 e. The van der Waals surface area contributed by atoms with Crippen LogP contribution >= 0.6 is 23.4 Å². The predicted molar refractivity (Wildman–Crippen MR) is 131 cm³/mol. The fraction of sp³-hybridized carbons (Fsp3) is 0.160. The highest BCUT2D eigenvalue weighted by atomic mass is 35.5. The van der Waals surface area contributed by atoms with Crippen molar-refractivity contribution in [1.82, 2.24) is 4.90 Å². The van der Waals surface area contributed by atoms with E-state index < -0.39 is 5.25 Å². The van der Waals surface area contributed by atoms with Crippen LogP contribution in [0, 0.1) is 0 Å². The highest BCUT2D eigenvalue weighted by Crippen LogP contribution is 2.30. The molecule has 0 bridgehead atoms. The van der Waals surface area contributed by atoms with Crippen LogP contribution in [0.1, 0.15) is 12.0 Å². The second-order valence-electron chi connectivity index (χ2n) is 7.32. The van der Waals surface area contributed by atoms with Gasteiger partial charge in [-0.2, -0.15) is 0 Å². The largest absolute Gasteiger partial charge is 0.325 e. The lowest BCUT2D eigenvalue weighted by Crippen LogP contribution is -2.46. The number of halogens is 1. The summed E-state index contributed by atoms with van der Waals surface area (Å²) in [5.41, 5.74) is 2.53. The zero-order valence-corrected chi connectivity index (χ0v) is 18.9. The summed E-state index contributed by atoms with van der Waals surface area (Å²) in [6, 6.07) is 26.4. The second kappa shape index (κ2) is 10.5. The lowest BCUT2D eigenvalue weighted by atomic mass is 10.1. The Morgan fingerprint density at radius 1 is 1.00 bits per heavy atom. The predicted octanol–water partition coefficient (Wildman–Crippen LogP) is 5.54. The average Bonchev–Trinajstić information content (AvgIpc) is 2.81. The number of aliphatic imine (C=N–C) groups is 1. The maximum absolute atomic E-state index is 13.1. The molecule has 0 saturated carbocycles. The van der Waals surface area contributed by atoms with E-state index in [1.165, 1.54) is 11.8 Å². The number of carbonyl (C=O) groups is 2. The quantitative estimate of drug-likeness (QED) is 0.521. The van der Waals surface area contributed by atoms with Crippen LogP contribution in [-0.4, -0.2) is 33.7 Å². The number of rotatable bonds is 6. The lowest BCUT2D eigenvalue weighted by Gasteiger charge is -2.32. The summed E-state index contributed by atoms with van der Waals surface area (Å²) >= 11 is 7.24. The highest BCUT2D eigenvalue weighted by molar-refractivity contribution is 8.15. The number of nitrogens with zero attached hydrogens (tertiary/aromatic N) is 2. The summed E-state index contributed by atoms with van der Waals surface area (Å²) in [7, 11) is 0. The van der Waals surface area contributed by atoms with E-state index >= 15 is 0 Å². The Labute approximate surface area is 196 Å². The number of thioether (sulfide) groups is 1. The van der Waals surface area contributed by atoms with Gasteiger partial charge < -0.3 is 5.32 Å². The van der Waals surface area contributed by atoms with E-state index in [1.807, 2.05) is 60.7 Å². The number of carbonyl (C=O) groups excluding carboxylic acids is 2. The number of benzene rings is 3. The molecule has 162 valence electrons. The van der Waals surface area contributed by atoms with E-state index in [4.69, 9.17) is 16.6 Å². The van der Waals surface area contributed by atoms with Gasteiger partial charge in [0.05, 0.1) is 5.69 Å². The molecular formula is C25H22ClN3O2S. The molecule has 1 aliphatic rings. The zero-order chi connectivity index (χ0) is 22.3. The van der Waals surface area contributed by atoms with Crippen LogP contribution in [0.3, 0.4) is 0 Å². The van der Waals surface area contributed by atoms with Crippen molar-refractivity contribution in [2.75, 3.05) is 11.9 Å². The Morgan fingerprint density at radius 2 is 1.66 bits per heavy atom. The molecule has 0 radical (unpaired) electrons. The number of nitrogens with one attached hydrogen (secondary N) is 1. The molecule has 1 aliphatic heterocycles. The number of amidine groups is 1. The van der Waals surface area contributed by atoms with Gasteiger partial charge in [0, 0.05) is 23.7 Å². The molecule has 3 aromatic carbocycles. The van der Waals surface area contributed by atoms with Crippen LogP contribution in [0.2, 0.25) is 5.02 Å². The Balaban J connectivity index is 1.53. The van der Waals surface area contributed by atoms with Gasteiger partial charge in [-0.3, -0.25) is 14.5 Å². The molecule has 1 heterocycles. The van der Waals surface area contributed by atoms with Crippen molar-refractivity contribution < 1.29 is 9.59 Å². The Kier molecular flexibility index (Phi) is 7.24. The van der Waals surface area contributed by atoms with E-state index in [2.05, 4.69) is 5.32 Å². The number of anilines is 1. The molecule has 32 heavy (non-hydrogen) atoms. The van der Waals surface area contributed by atoms with Crippen LogP contribution in [0.15, 0.2) is 89.9 Å². The minimum absolute atomic E-state index is 0.106. The van der Waals surface area contributed by atoms with Gasteiger partial charge in [-0.1, -0.05) is 71.9 Å². The number of hydrogen-bond donors (Lipinski definition) is 1. The standard InChI is InChI=1S/C25H22ClN3O2S/c26-19-11-13-21(14-12-19)27-24(31)22-17-23(30)29(16-15-18-7-3-1-4-8-18)25(32-22)28-20-9-5-2-6-10-20/h1-14,22H,15-17H2,(H,27,31)/t22-/m1/s1. The topological polar surface area (TPSA) is 61.8 Å². The molecule has 0 aromatic heterocycles. The van der Waals surface area contributed by atoms with Crippen molar-refractivity contribution in [2.24, 2.45) is 4.99 Å². The zero-order valence-electron chi connectivity index (χ0n) is 17.3. The normalized spacial score (nSPS) is 17.4. The van der Waals surface area contributed by atoms with Crippen LogP contribution < -0.4 is 5.32 Å². The molecule has 0 spiro atoms. The van der Waals surface area contributed by atoms with E-state index in [-0.39, 0.29) is 18.2 Å². The minimum atomic E-state index is -0.561. The van der Waals surface area contributed by atoms with Gasteiger partial charge in [-0.15, -0.1) is 0 Å². The molecule has 0 aliphatic carbocycles. The number of hydrogen-bond acceptors (Lipinski definition) is 4. The van der Waals surface area contributed by atoms with Crippen LogP contribution in [-0.2, 0) is 16.0 Å². The van der Waals surface area contributed by atoms with Crippen LogP contribution in [0.25, 0.3) is 0 Å². The third-order valence-electron chi connectivity index (χ3n) is 4.99. The number of amides is 2.